The van der Waals surface area contributed by atoms with Crippen molar-refractivity contribution in [2.24, 2.45) is 0 Å². The van der Waals surface area contributed by atoms with Crippen molar-refractivity contribution < 1.29 is 9.53 Å². The van der Waals surface area contributed by atoms with Gasteiger partial charge in [0, 0.05) is 18.0 Å². The molecule has 2 aromatic heterocycles. The van der Waals surface area contributed by atoms with Crippen molar-refractivity contribution in [1.29, 1.82) is 0 Å². The number of carbonyl (C=O) groups is 1. The summed E-state index contributed by atoms with van der Waals surface area (Å²) in [5.74, 6) is -0.0440. The van der Waals surface area contributed by atoms with Gasteiger partial charge in [-0.3, -0.25) is 14.2 Å². The zero-order valence-corrected chi connectivity index (χ0v) is 14.6. The van der Waals surface area contributed by atoms with Gasteiger partial charge in [-0.05, 0) is 38.2 Å². The summed E-state index contributed by atoms with van der Waals surface area (Å²) in [6.45, 7) is 3.73. The molecule has 24 heavy (non-hydrogen) atoms. The van der Waals surface area contributed by atoms with Crippen LogP contribution in [0.5, 0.6) is 0 Å². The quantitative estimate of drug-likeness (QED) is 0.827. The van der Waals surface area contributed by atoms with Crippen LogP contribution in [0.1, 0.15) is 30.2 Å². The van der Waals surface area contributed by atoms with Crippen molar-refractivity contribution in [3.8, 4) is 0 Å². The van der Waals surface area contributed by atoms with Gasteiger partial charge in [-0.15, -0.1) is 11.3 Å². The Balaban J connectivity index is 1.64. The average molecular weight is 347 g/mol. The molecule has 6 nitrogen and oxygen atoms in total. The molecule has 1 aliphatic carbocycles. The van der Waals surface area contributed by atoms with Crippen molar-refractivity contribution in [2.75, 3.05) is 19.7 Å². The van der Waals surface area contributed by atoms with Crippen molar-refractivity contribution in [1.82, 2.24) is 14.5 Å². The molecule has 0 spiro atoms. The summed E-state index contributed by atoms with van der Waals surface area (Å²) in [4.78, 5) is 33.7. The number of nitrogens with zero attached hydrogens (tertiary/aromatic N) is 3. The molecule has 2 aliphatic rings. The third-order valence-corrected chi connectivity index (χ3v) is 6.04. The van der Waals surface area contributed by atoms with Crippen LogP contribution in [-0.2, 0) is 28.9 Å². The summed E-state index contributed by atoms with van der Waals surface area (Å²) in [6.07, 6.45) is 5.86. The van der Waals surface area contributed by atoms with Crippen LogP contribution in [0.2, 0.25) is 0 Å². The van der Waals surface area contributed by atoms with Crippen LogP contribution in [0.3, 0.4) is 0 Å². The van der Waals surface area contributed by atoms with Gasteiger partial charge in [0.25, 0.3) is 5.56 Å². The third-order valence-electron chi connectivity index (χ3n) is 4.84. The molecule has 1 aliphatic heterocycles. The Bertz CT molecular complexity index is 841. The number of amides is 1. The number of aryl methyl sites for hydroxylation is 2. The maximum Gasteiger partial charge on any atom is 0.262 e. The topological polar surface area (TPSA) is 64.4 Å². The van der Waals surface area contributed by atoms with E-state index in [1.807, 2.05) is 6.92 Å². The summed E-state index contributed by atoms with van der Waals surface area (Å²) in [5, 5.41) is 0.736. The lowest BCUT2D eigenvalue weighted by molar-refractivity contribution is -0.138. The number of carbonyl (C=O) groups excluding carboxylic acids is 1. The maximum absolute atomic E-state index is 12.9. The number of hydrogen-bond donors (Lipinski definition) is 0. The number of fused-ring (bicyclic) bond motifs is 3. The van der Waals surface area contributed by atoms with Crippen LogP contribution >= 0.6 is 11.3 Å². The minimum absolute atomic E-state index is 0.0440. The van der Waals surface area contributed by atoms with Crippen LogP contribution < -0.4 is 5.56 Å². The highest BCUT2D eigenvalue weighted by Crippen LogP contribution is 2.33. The minimum atomic E-state index is -0.0749. The first-order valence-electron chi connectivity index (χ1n) is 8.52. The fourth-order valence-electron chi connectivity index (χ4n) is 3.58. The Morgan fingerprint density at radius 2 is 2.25 bits per heavy atom. The maximum atomic E-state index is 12.9. The molecule has 1 fully saturated rings. The second-order valence-corrected chi connectivity index (χ2v) is 7.67. The van der Waals surface area contributed by atoms with Crippen molar-refractivity contribution in [3.05, 3.63) is 27.1 Å². The first kappa shape index (κ1) is 15.8. The van der Waals surface area contributed by atoms with E-state index in [1.165, 1.54) is 27.8 Å². The first-order valence-corrected chi connectivity index (χ1v) is 9.34. The van der Waals surface area contributed by atoms with Gasteiger partial charge in [-0.2, -0.15) is 0 Å². The van der Waals surface area contributed by atoms with Gasteiger partial charge in [0.05, 0.1) is 24.4 Å². The minimum Gasteiger partial charge on any atom is -0.375 e. The molecule has 0 bridgehead atoms. The second-order valence-electron chi connectivity index (χ2n) is 6.59. The SMILES string of the molecule is CC1CN(C(=O)Cn2cnc3sc4c(c3c2=O)CCCC4)CCO1. The Kier molecular flexibility index (Phi) is 4.14. The van der Waals surface area contributed by atoms with E-state index in [4.69, 9.17) is 4.74 Å². The monoisotopic (exact) mass is 347 g/mol. The Hall–Kier alpha value is -1.73. The summed E-state index contributed by atoms with van der Waals surface area (Å²) < 4.78 is 6.93. The molecular weight excluding hydrogens is 326 g/mol. The van der Waals surface area contributed by atoms with E-state index in [1.54, 1.807) is 16.2 Å². The fraction of sp³-hybridized carbons (Fsp3) is 0.588. The highest BCUT2D eigenvalue weighted by molar-refractivity contribution is 7.18. The summed E-state index contributed by atoms with van der Waals surface area (Å²) >= 11 is 1.63. The molecule has 0 aromatic carbocycles. The van der Waals surface area contributed by atoms with Gasteiger partial charge in [0.15, 0.2) is 0 Å². The van der Waals surface area contributed by atoms with Gasteiger partial charge in [0.1, 0.15) is 11.4 Å². The molecular formula is C17H21N3O3S. The largest absolute Gasteiger partial charge is 0.375 e. The zero-order valence-electron chi connectivity index (χ0n) is 13.8. The summed E-state index contributed by atoms with van der Waals surface area (Å²) in [5.41, 5.74) is 1.09. The standard InChI is InChI=1S/C17H21N3O3S/c1-11-8-19(6-7-23-11)14(21)9-20-10-18-16-15(17(20)22)12-4-2-3-5-13(12)24-16/h10-11H,2-9H2,1H3. The van der Waals surface area contributed by atoms with E-state index in [0.717, 1.165) is 29.5 Å². The lowest BCUT2D eigenvalue weighted by Crippen LogP contribution is -2.46. The molecule has 1 atom stereocenters. The number of morpholine rings is 1. The van der Waals surface area contributed by atoms with Crippen LogP contribution in [0.4, 0.5) is 0 Å². The first-order chi connectivity index (χ1) is 11.6. The smallest absolute Gasteiger partial charge is 0.262 e. The van der Waals surface area contributed by atoms with Crippen LogP contribution in [0.15, 0.2) is 11.1 Å². The molecule has 3 heterocycles. The Morgan fingerprint density at radius 1 is 1.42 bits per heavy atom. The highest BCUT2D eigenvalue weighted by atomic mass is 32.1. The van der Waals surface area contributed by atoms with Gasteiger partial charge in [-0.1, -0.05) is 0 Å². The Morgan fingerprint density at radius 3 is 3.08 bits per heavy atom. The van der Waals surface area contributed by atoms with Crippen LogP contribution in [-0.4, -0.2) is 46.2 Å². The molecule has 4 rings (SSSR count). The molecule has 0 radical (unpaired) electrons. The lowest BCUT2D eigenvalue weighted by atomic mass is 9.97. The molecule has 1 unspecified atom stereocenters. The van der Waals surface area contributed by atoms with E-state index >= 15 is 0 Å². The van der Waals surface area contributed by atoms with Gasteiger partial charge < -0.3 is 9.64 Å². The van der Waals surface area contributed by atoms with E-state index in [-0.39, 0.29) is 24.1 Å². The normalized spacial score (nSPS) is 21.0. The molecule has 128 valence electrons. The summed E-state index contributed by atoms with van der Waals surface area (Å²) in [7, 11) is 0. The van der Waals surface area contributed by atoms with E-state index in [9.17, 15) is 9.59 Å². The van der Waals surface area contributed by atoms with E-state index < -0.39 is 0 Å². The molecule has 1 amide bonds. The average Bonchev–Trinajstić information content (AvgIpc) is 2.96. The number of aromatic nitrogens is 2. The van der Waals surface area contributed by atoms with Crippen LogP contribution in [0, 0.1) is 0 Å². The zero-order chi connectivity index (χ0) is 16.7. The van der Waals surface area contributed by atoms with Gasteiger partial charge >= 0.3 is 0 Å². The van der Waals surface area contributed by atoms with E-state index in [0.29, 0.717) is 19.7 Å². The summed E-state index contributed by atoms with van der Waals surface area (Å²) in [6, 6.07) is 0. The molecule has 7 heteroatoms. The van der Waals surface area contributed by atoms with Crippen molar-refractivity contribution >= 4 is 27.5 Å². The number of ether oxygens (including phenoxy) is 1. The number of rotatable bonds is 2. The molecule has 0 saturated carbocycles. The number of thiophene rings is 1. The Labute approximate surface area is 144 Å². The molecule has 1 saturated heterocycles. The van der Waals surface area contributed by atoms with Crippen LogP contribution in [0.25, 0.3) is 10.2 Å². The predicted molar refractivity (Wildman–Crippen MR) is 92.5 cm³/mol. The number of hydrogen-bond acceptors (Lipinski definition) is 5. The second kappa shape index (κ2) is 6.29. The molecule has 0 N–H and O–H groups in total. The highest BCUT2D eigenvalue weighted by Gasteiger charge is 2.24. The third kappa shape index (κ3) is 2.75. The lowest BCUT2D eigenvalue weighted by Gasteiger charge is -2.31. The van der Waals surface area contributed by atoms with E-state index in [2.05, 4.69) is 4.98 Å². The predicted octanol–water partition coefficient (Wildman–Crippen LogP) is 1.58. The fourth-order valence-corrected chi connectivity index (χ4v) is 4.80. The van der Waals surface area contributed by atoms with Crippen molar-refractivity contribution in [2.45, 2.75) is 45.3 Å². The molecule has 2 aromatic rings. The van der Waals surface area contributed by atoms with Gasteiger partial charge in [-0.25, -0.2) is 4.98 Å². The van der Waals surface area contributed by atoms with Gasteiger partial charge in [0.2, 0.25) is 5.91 Å². The van der Waals surface area contributed by atoms with Crippen molar-refractivity contribution in [3.63, 3.8) is 0 Å².